The molecule has 1 aromatic heterocycles. The van der Waals surface area contributed by atoms with Crippen molar-refractivity contribution in [1.82, 2.24) is 4.98 Å². The summed E-state index contributed by atoms with van der Waals surface area (Å²) in [5, 5.41) is 11.4. The quantitative estimate of drug-likeness (QED) is 0.410. The van der Waals surface area contributed by atoms with Crippen LogP contribution in [0.5, 0.6) is 0 Å². The fourth-order valence-corrected chi connectivity index (χ4v) is 0.725. The average Bonchev–Trinajstić information content (AvgIpc) is 2.16. The number of hydrogen-bond donors (Lipinski definition) is 1. The molecule has 0 aliphatic heterocycles. The van der Waals surface area contributed by atoms with E-state index >= 15 is 0 Å². The molecule has 0 aliphatic rings. The van der Waals surface area contributed by atoms with Crippen molar-refractivity contribution in [1.29, 1.82) is 0 Å². The van der Waals surface area contributed by atoms with Crippen LogP contribution >= 0.6 is 0 Å². The normalized spacial score (nSPS) is 12.2. The van der Waals surface area contributed by atoms with Gasteiger partial charge in [0.05, 0.1) is 5.71 Å². The molecule has 0 atom stereocenters. The van der Waals surface area contributed by atoms with Gasteiger partial charge in [0.2, 0.25) is 0 Å². The third kappa shape index (κ3) is 2.54. The number of aromatic nitrogens is 1. The molecule has 62 valence electrons. The lowest BCUT2D eigenvalue weighted by molar-refractivity contribution is 0.319. The Morgan fingerprint density at radius 2 is 2.17 bits per heavy atom. The second kappa shape index (κ2) is 4.28. The first kappa shape index (κ1) is 8.46. The Kier molecular flexibility index (Phi) is 3.02. The summed E-state index contributed by atoms with van der Waals surface area (Å²) in [5.41, 5.74) is 1.61. The Labute approximate surface area is 71.1 Å². The molecule has 1 rings (SSSR count). The fourth-order valence-electron chi connectivity index (χ4n) is 0.725. The number of allylic oxidation sites excluding steroid dienone is 1. The van der Waals surface area contributed by atoms with Gasteiger partial charge in [-0.3, -0.25) is 4.98 Å². The maximum Gasteiger partial charge on any atom is 0.0765 e. The number of rotatable bonds is 2. The van der Waals surface area contributed by atoms with Gasteiger partial charge in [-0.25, -0.2) is 0 Å². The summed E-state index contributed by atoms with van der Waals surface area (Å²) in [4.78, 5) is 3.88. The average molecular weight is 162 g/mol. The van der Waals surface area contributed by atoms with Crippen LogP contribution in [-0.4, -0.2) is 15.9 Å². The van der Waals surface area contributed by atoms with Gasteiger partial charge >= 0.3 is 0 Å². The Morgan fingerprint density at radius 3 is 2.75 bits per heavy atom. The first-order valence-corrected chi connectivity index (χ1v) is 3.59. The Morgan fingerprint density at radius 1 is 1.50 bits per heavy atom. The molecule has 1 N–H and O–H groups in total. The van der Waals surface area contributed by atoms with Crippen molar-refractivity contribution in [3.8, 4) is 0 Å². The van der Waals surface area contributed by atoms with Gasteiger partial charge in [0.15, 0.2) is 0 Å². The van der Waals surface area contributed by atoms with Gasteiger partial charge in [0.25, 0.3) is 0 Å². The third-order valence-corrected chi connectivity index (χ3v) is 1.38. The van der Waals surface area contributed by atoms with Crippen molar-refractivity contribution >= 4 is 11.8 Å². The number of pyridine rings is 1. The zero-order chi connectivity index (χ0) is 8.81. The largest absolute Gasteiger partial charge is 0.411 e. The highest BCUT2D eigenvalue weighted by molar-refractivity contribution is 5.95. The first-order chi connectivity index (χ1) is 5.83. The molecule has 0 aliphatic carbocycles. The van der Waals surface area contributed by atoms with Crippen LogP contribution in [0.25, 0.3) is 6.08 Å². The molecule has 1 aromatic rings. The van der Waals surface area contributed by atoms with E-state index in [1.54, 1.807) is 25.4 Å². The van der Waals surface area contributed by atoms with E-state index in [1.165, 1.54) is 0 Å². The molecule has 12 heavy (non-hydrogen) atoms. The molecule has 3 nitrogen and oxygen atoms in total. The van der Waals surface area contributed by atoms with Crippen LogP contribution < -0.4 is 0 Å². The Hall–Kier alpha value is -1.64. The van der Waals surface area contributed by atoms with Gasteiger partial charge in [-0.2, -0.15) is 0 Å². The van der Waals surface area contributed by atoms with Crippen LogP contribution in [0, 0.1) is 0 Å². The van der Waals surface area contributed by atoms with E-state index in [2.05, 4.69) is 10.1 Å². The summed E-state index contributed by atoms with van der Waals surface area (Å²) >= 11 is 0. The van der Waals surface area contributed by atoms with E-state index in [0.717, 1.165) is 5.56 Å². The van der Waals surface area contributed by atoms with Crippen LogP contribution in [0.15, 0.2) is 35.8 Å². The maximum absolute atomic E-state index is 8.34. The number of hydrogen-bond acceptors (Lipinski definition) is 3. The summed E-state index contributed by atoms with van der Waals surface area (Å²) in [6.45, 7) is 1.72. The molecule has 0 radical (unpaired) electrons. The zero-order valence-corrected chi connectivity index (χ0v) is 6.81. The van der Waals surface area contributed by atoms with Crippen LogP contribution in [0.3, 0.4) is 0 Å². The molecule has 0 unspecified atom stereocenters. The minimum absolute atomic E-state index is 0.576. The van der Waals surface area contributed by atoms with Crippen molar-refractivity contribution < 1.29 is 5.21 Å². The third-order valence-electron chi connectivity index (χ3n) is 1.38. The SMILES string of the molecule is CC(C=Cc1ccncc1)=NO. The Bertz CT molecular complexity index is 291. The molecular weight excluding hydrogens is 152 g/mol. The number of nitrogens with zero attached hydrogens (tertiary/aromatic N) is 2. The van der Waals surface area contributed by atoms with Crippen LogP contribution in [-0.2, 0) is 0 Å². The van der Waals surface area contributed by atoms with E-state index in [-0.39, 0.29) is 0 Å². The topological polar surface area (TPSA) is 45.5 Å². The van der Waals surface area contributed by atoms with Gasteiger partial charge < -0.3 is 5.21 Å². The van der Waals surface area contributed by atoms with E-state index in [4.69, 9.17) is 5.21 Å². The second-order valence-electron chi connectivity index (χ2n) is 2.36. The minimum atomic E-state index is 0.576. The summed E-state index contributed by atoms with van der Waals surface area (Å²) in [5.74, 6) is 0. The van der Waals surface area contributed by atoms with Crippen molar-refractivity contribution in [3.05, 3.63) is 36.2 Å². The lowest BCUT2D eigenvalue weighted by Gasteiger charge is -1.89. The zero-order valence-electron chi connectivity index (χ0n) is 6.81. The van der Waals surface area contributed by atoms with Crippen LogP contribution in [0.2, 0.25) is 0 Å². The van der Waals surface area contributed by atoms with E-state index in [9.17, 15) is 0 Å². The maximum atomic E-state index is 8.34. The molecule has 1 heterocycles. The molecule has 0 saturated heterocycles. The fraction of sp³-hybridized carbons (Fsp3) is 0.111. The lowest BCUT2D eigenvalue weighted by atomic mass is 10.2. The molecule has 0 amide bonds. The van der Waals surface area contributed by atoms with E-state index < -0.39 is 0 Å². The monoisotopic (exact) mass is 162 g/mol. The van der Waals surface area contributed by atoms with Gasteiger partial charge in [-0.05, 0) is 30.7 Å². The van der Waals surface area contributed by atoms with Gasteiger partial charge in [0, 0.05) is 12.4 Å². The van der Waals surface area contributed by atoms with Gasteiger partial charge in [-0.15, -0.1) is 0 Å². The molecule has 0 aromatic carbocycles. The summed E-state index contributed by atoms with van der Waals surface area (Å²) in [7, 11) is 0. The minimum Gasteiger partial charge on any atom is -0.411 e. The standard InChI is InChI=1S/C9H10N2O/c1-8(11-12)2-3-9-4-6-10-7-5-9/h2-7,12H,1H3. The summed E-state index contributed by atoms with van der Waals surface area (Å²) in [6, 6.07) is 3.75. The number of oxime groups is 1. The molecule has 0 bridgehead atoms. The molecule has 0 fully saturated rings. The highest BCUT2D eigenvalue weighted by Crippen LogP contribution is 1.98. The first-order valence-electron chi connectivity index (χ1n) is 3.59. The van der Waals surface area contributed by atoms with Gasteiger partial charge in [0.1, 0.15) is 0 Å². The summed E-state index contributed by atoms with van der Waals surface area (Å²) in [6.07, 6.45) is 7.02. The van der Waals surface area contributed by atoms with Crippen LogP contribution in [0.1, 0.15) is 12.5 Å². The predicted octanol–water partition coefficient (Wildman–Crippen LogP) is 1.94. The highest BCUT2D eigenvalue weighted by atomic mass is 16.4. The molecule has 0 saturated carbocycles. The summed E-state index contributed by atoms with van der Waals surface area (Å²) < 4.78 is 0. The lowest BCUT2D eigenvalue weighted by Crippen LogP contribution is -1.82. The van der Waals surface area contributed by atoms with Crippen LogP contribution in [0.4, 0.5) is 0 Å². The molecule has 0 spiro atoms. The Balaban J connectivity index is 2.70. The van der Waals surface area contributed by atoms with E-state index in [1.807, 2.05) is 18.2 Å². The molecular formula is C9H10N2O. The second-order valence-corrected chi connectivity index (χ2v) is 2.36. The smallest absolute Gasteiger partial charge is 0.0765 e. The predicted molar refractivity (Wildman–Crippen MR) is 48.2 cm³/mol. The van der Waals surface area contributed by atoms with Crippen molar-refractivity contribution in [2.75, 3.05) is 0 Å². The van der Waals surface area contributed by atoms with Crippen molar-refractivity contribution in [2.45, 2.75) is 6.92 Å². The highest BCUT2D eigenvalue weighted by Gasteiger charge is 1.84. The molecule has 3 heteroatoms. The van der Waals surface area contributed by atoms with Gasteiger partial charge in [-0.1, -0.05) is 11.2 Å². The van der Waals surface area contributed by atoms with Crippen molar-refractivity contribution in [3.63, 3.8) is 0 Å². The van der Waals surface area contributed by atoms with Crippen molar-refractivity contribution in [2.24, 2.45) is 5.16 Å². The van der Waals surface area contributed by atoms with E-state index in [0.29, 0.717) is 5.71 Å².